The summed E-state index contributed by atoms with van der Waals surface area (Å²) in [7, 11) is 0. The Hall–Kier alpha value is -1.84. The quantitative estimate of drug-likeness (QED) is 0.830. The summed E-state index contributed by atoms with van der Waals surface area (Å²) in [5.74, 6) is 0.0882. The molecular weight excluding hydrogens is 228 g/mol. The van der Waals surface area contributed by atoms with Crippen LogP contribution in [0.5, 0.6) is 0 Å². The molecule has 0 radical (unpaired) electrons. The monoisotopic (exact) mass is 246 g/mol. The molecule has 1 aromatic rings. The second kappa shape index (κ2) is 4.44. The first-order valence-electron chi connectivity index (χ1n) is 6.15. The van der Waals surface area contributed by atoms with Crippen LogP contribution in [-0.2, 0) is 10.3 Å². The van der Waals surface area contributed by atoms with Gasteiger partial charge in [-0.2, -0.15) is 0 Å². The van der Waals surface area contributed by atoms with Gasteiger partial charge in [-0.1, -0.05) is 44.2 Å². The molecule has 0 bridgehead atoms. The first kappa shape index (κ1) is 12.6. The maximum Gasteiger partial charge on any atom is 0.325 e. The Labute approximate surface area is 107 Å². The number of amides is 3. The van der Waals surface area contributed by atoms with Crippen LogP contribution in [0.4, 0.5) is 4.79 Å². The number of benzene rings is 1. The predicted octanol–water partition coefficient (Wildman–Crippen LogP) is 2.11. The molecule has 96 valence electrons. The zero-order valence-electron chi connectivity index (χ0n) is 10.9. The average molecular weight is 246 g/mol. The highest BCUT2D eigenvalue weighted by molar-refractivity contribution is 6.07. The Bertz CT molecular complexity index is 470. The van der Waals surface area contributed by atoms with Gasteiger partial charge in [-0.05, 0) is 18.4 Å². The predicted molar refractivity (Wildman–Crippen MR) is 68.9 cm³/mol. The molecule has 2 rings (SSSR count). The van der Waals surface area contributed by atoms with Gasteiger partial charge in [-0.15, -0.1) is 0 Å². The minimum Gasteiger partial charge on any atom is -0.319 e. The smallest absolute Gasteiger partial charge is 0.319 e. The van der Waals surface area contributed by atoms with Crippen LogP contribution in [0.2, 0.25) is 0 Å². The van der Waals surface area contributed by atoms with Crippen molar-refractivity contribution in [3.05, 3.63) is 35.9 Å². The molecule has 0 aliphatic carbocycles. The summed E-state index contributed by atoms with van der Waals surface area (Å²) < 4.78 is 0. The molecule has 0 saturated carbocycles. The zero-order valence-corrected chi connectivity index (χ0v) is 10.9. The highest BCUT2D eigenvalue weighted by Crippen LogP contribution is 2.28. The van der Waals surface area contributed by atoms with Crippen LogP contribution in [0.1, 0.15) is 26.3 Å². The topological polar surface area (TPSA) is 49.4 Å². The van der Waals surface area contributed by atoms with Crippen molar-refractivity contribution in [1.29, 1.82) is 0 Å². The van der Waals surface area contributed by atoms with Crippen molar-refractivity contribution < 1.29 is 9.59 Å². The second-order valence-corrected chi connectivity index (χ2v) is 5.23. The first-order valence-corrected chi connectivity index (χ1v) is 6.15. The SMILES string of the molecule is CC(C)CN1C(=O)N[C@](C)(c2ccccc2)C1=O. The first-order chi connectivity index (χ1) is 8.45. The summed E-state index contributed by atoms with van der Waals surface area (Å²) in [4.78, 5) is 25.6. The summed E-state index contributed by atoms with van der Waals surface area (Å²) in [6.07, 6.45) is 0. The minimum absolute atomic E-state index is 0.174. The molecule has 1 saturated heterocycles. The van der Waals surface area contributed by atoms with E-state index in [4.69, 9.17) is 0 Å². The molecule has 3 amide bonds. The fourth-order valence-electron chi connectivity index (χ4n) is 2.20. The van der Waals surface area contributed by atoms with Crippen LogP contribution in [0.25, 0.3) is 0 Å². The van der Waals surface area contributed by atoms with Gasteiger partial charge in [0, 0.05) is 6.54 Å². The van der Waals surface area contributed by atoms with Gasteiger partial charge in [0.05, 0.1) is 0 Å². The Balaban J connectivity index is 2.32. The summed E-state index contributed by atoms with van der Waals surface area (Å²) in [5.41, 5.74) is -0.123. The zero-order chi connectivity index (χ0) is 13.3. The number of carbonyl (C=O) groups excluding carboxylic acids is 2. The van der Waals surface area contributed by atoms with E-state index in [1.807, 2.05) is 44.2 Å². The lowest BCUT2D eigenvalue weighted by atomic mass is 9.92. The van der Waals surface area contributed by atoms with Crippen molar-refractivity contribution >= 4 is 11.9 Å². The molecule has 1 aromatic carbocycles. The summed E-state index contributed by atoms with van der Waals surface area (Å²) in [6, 6.07) is 9.03. The average Bonchev–Trinajstić information content (AvgIpc) is 2.55. The molecule has 0 unspecified atom stereocenters. The number of nitrogens with one attached hydrogen (secondary N) is 1. The van der Waals surface area contributed by atoms with Crippen molar-refractivity contribution in [3.63, 3.8) is 0 Å². The molecule has 1 aliphatic rings. The largest absolute Gasteiger partial charge is 0.325 e. The highest BCUT2D eigenvalue weighted by Gasteiger charge is 2.48. The molecular formula is C14H18N2O2. The summed E-state index contributed by atoms with van der Waals surface area (Å²) in [6.45, 7) is 6.17. The van der Waals surface area contributed by atoms with E-state index in [0.29, 0.717) is 6.54 Å². The van der Waals surface area contributed by atoms with Gasteiger partial charge in [0.2, 0.25) is 0 Å². The standard InChI is InChI=1S/C14H18N2O2/c1-10(2)9-16-12(17)14(3,15-13(16)18)11-7-5-4-6-8-11/h4-8,10H,9H2,1-3H3,(H,15,18)/t14-/m1/s1. The third kappa shape index (κ3) is 1.98. The van der Waals surface area contributed by atoms with Gasteiger partial charge in [-0.25, -0.2) is 4.79 Å². The van der Waals surface area contributed by atoms with E-state index in [1.54, 1.807) is 6.92 Å². The summed E-state index contributed by atoms with van der Waals surface area (Å²) in [5, 5.41) is 2.79. The second-order valence-electron chi connectivity index (χ2n) is 5.23. The Morgan fingerprint density at radius 1 is 1.22 bits per heavy atom. The van der Waals surface area contributed by atoms with E-state index in [9.17, 15) is 9.59 Å². The lowest BCUT2D eigenvalue weighted by Gasteiger charge is -2.22. The van der Waals surface area contributed by atoms with E-state index in [2.05, 4.69) is 5.32 Å². The Morgan fingerprint density at radius 2 is 1.83 bits per heavy atom. The fraction of sp³-hybridized carbons (Fsp3) is 0.429. The van der Waals surface area contributed by atoms with Gasteiger partial charge in [-0.3, -0.25) is 9.69 Å². The van der Waals surface area contributed by atoms with E-state index >= 15 is 0 Å². The summed E-state index contributed by atoms with van der Waals surface area (Å²) >= 11 is 0. The number of urea groups is 1. The normalized spacial score (nSPS) is 23.7. The van der Waals surface area contributed by atoms with Gasteiger partial charge in [0.15, 0.2) is 0 Å². The third-order valence-corrected chi connectivity index (χ3v) is 3.17. The number of hydrogen-bond donors (Lipinski definition) is 1. The number of rotatable bonds is 3. The molecule has 1 aliphatic heterocycles. The van der Waals surface area contributed by atoms with Crippen molar-refractivity contribution in [2.45, 2.75) is 26.3 Å². The van der Waals surface area contributed by atoms with Crippen molar-refractivity contribution in [2.24, 2.45) is 5.92 Å². The Kier molecular flexibility index (Phi) is 3.11. The number of carbonyl (C=O) groups is 2. The van der Waals surface area contributed by atoms with Crippen molar-refractivity contribution in [1.82, 2.24) is 10.2 Å². The molecule has 1 heterocycles. The maximum atomic E-state index is 12.4. The lowest BCUT2D eigenvalue weighted by molar-refractivity contribution is -0.131. The van der Waals surface area contributed by atoms with E-state index in [1.165, 1.54) is 4.90 Å². The van der Waals surface area contributed by atoms with Crippen LogP contribution < -0.4 is 5.32 Å². The lowest BCUT2D eigenvalue weighted by Crippen LogP contribution is -2.41. The third-order valence-electron chi connectivity index (χ3n) is 3.17. The van der Waals surface area contributed by atoms with Crippen LogP contribution in [0.15, 0.2) is 30.3 Å². The molecule has 1 fully saturated rings. The molecule has 4 nitrogen and oxygen atoms in total. The molecule has 0 spiro atoms. The number of imide groups is 1. The van der Waals surface area contributed by atoms with Crippen LogP contribution in [0, 0.1) is 5.92 Å². The van der Waals surface area contributed by atoms with Gasteiger partial charge < -0.3 is 5.32 Å². The van der Waals surface area contributed by atoms with Crippen LogP contribution in [0.3, 0.4) is 0 Å². The van der Waals surface area contributed by atoms with Crippen LogP contribution in [-0.4, -0.2) is 23.4 Å². The van der Waals surface area contributed by atoms with Crippen LogP contribution >= 0.6 is 0 Å². The van der Waals surface area contributed by atoms with E-state index in [-0.39, 0.29) is 17.9 Å². The van der Waals surface area contributed by atoms with Gasteiger partial charge in [0.1, 0.15) is 5.54 Å². The van der Waals surface area contributed by atoms with Crippen molar-refractivity contribution in [2.75, 3.05) is 6.54 Å². The van der Waals surface area contributed by atoms with Gasteiger partial charge >= 0.3 is 6.03 Å². The number of hydrogen-bond acceptors (Lipinski definition) is 2. The molecule has 0 aromatic heterocycles. The molecule has 1 atom stereocenters. The Morgan fingerprint density at radius 3 is 2.39 bits per heavy atom. The van der Waals surface area contributed by atoms with Gasteiger partial charge in [0.25, 0.3) is 5.91 Å². The molecule has 4 heteroatoms. The molecule has 1 N–H and O–H groups in total. The minimum atomic E-state index is -0.937. The highest BCUT2D eigenvalue weighted by atomic mass is 16.2. The molecule has 18 heavy (non-hydrogen) atoms. The fourth-order valence-corrected chi connectivity index (χ4v) is 2.20. The maximum absolute atomic E-state index is 12.4. The van der Waals surface area contributed by atoms with E-state index in [0.717, 1.165) is 5.56 Å². The van der Waals surface area contributed by atoms with E-state index < -0.39 is 5.54 Å². The number of nitrogens with zero attached hydrogens (tertiary/aromatic N) is 1. The van der Waals surface area contributed by atoms with Crippen molar-refractivity contribution in [3.8, 4) is 0 Å².